The highest BCUT2D eigenvalue weighted by molar-refractivity contribution is 8.07. The van der Waals surface area contributed by atoms with Crippen molar-refractivity contribution in [2.45, 2.75) is 3.79 Å². The lowest BCUT2D eigenvalue weighted by molar-refractivity contribution is 0.951. The zero-order chi connectivity index (χ0) is 6.91. The summed E-state index contributed by atoms with van der Waals surface area (Å²) >= 11 is 18.1. The zero-order valence-electron chi connectivity index (χ0n) is 4.33. The molecule has 0 amide bonds. The van der Waals surface area contributed by atoms with Gasteiger partial charge >= 0.3 is 0 Å². The summed E-state index contributed by atoms with van der Waals surface area (Å²) in [6.07, 6.45) is 1.72. The number of halogens is 3. The van der Waals surface area contributed by atoms with Gasteiger partial charge in [-0.1, -0.05) is 35.0 Å². The minimum Gasteiger partial charge on any atom is -0.351 e. The van der Waals surface area contributed by atoms with Gasteiger partial charge in [0.1, 0.15) is 0 Å². The first-order valence-electron chi connectivity index (χ1n) is 2.23. The molecule has 0 spiro atoms. The molecule has 0 aromatic carbocycles. The maximum absolute atomic E-state index is 5.65. The molecule has 0 unspecified atom stereocenters. The molecule has 1 nitrogen and oxygen atoms in total. The van der Waals surface area contributed by atoms with Crippen molar-refractivity contribution in [3.8, 4) is 0 Å². The predicted octanol–water partition coefficient (Wildman–Crippen LogP) is 2.49. The van der Waals surface area contributed by atoms with E-state index >= 15 is 0 Å². The Bertz CT molecular complexity index is 145. The average molecular weight is 205 g/mol. The van der Waals surface area contributed by atoms with Crippen LogP contribution in [0.2, 0.25) is 0 Å². The fourth-order valence-electron chi connectivity index (χ4n) is 0.454. The Morgan fingerprint density at radius 1 is 1.67 bits per heavy atom. The first-order valence-corrected chi connectivity index (χ1v) is 4.34. The molecule has 1 aliphatic rings. The second-order valence-corrected chi connectivity index (χ2v) is 4.89. The summed E-state index contributed by atoms with van der Waals surface area (Å²) in [6.45, 7) is 0. The topological polar surface area (TPSA) is 12.0 Å². The predicted molar refractivity (Wildman–Crippen MR) is 44.0 cm³/mol. The zero-order valence-corrected chi connectivity index (χ0v) is 7.41. The molecule has 0 bridgehead atoms. The number of hydrogen-bond acceptors (Lipinski definition) is 2. The maximum atomic E-state index is 5.65. The van der Waals surface area contributed by atoms with E-state index in [1.807, 2.05) is 0 Å². The lowest BCUT2D eigenvalue weighted by atomic mass is 10.7. The molecule has 1 N–H and O–H groups in total. The molecule has 0 aromatic rings. The van der Waals surface area contributed by atoms with Crippen molar-refractivity contribution >= 4 is 46.6 Å². The monoisotopic (exact) mass is 203 g/mol. The van der Waals surface area contributed by atoms with Gasteiger partial charge in [-0.2, -0.15) is 0 Å². The van der Waals surface area contributed by atoms with Crippen LogP contribution in [-0.2, 0) is 0 Å². The summed E-state index contributed by atoms with van der Waals surface area (Å²) in [4.78, 5) is 0.960. The summed E-state index contributed by atoms with van der Waals surface area (Å²) < 4.78 is -0.899. The van der Waals surface area contributed by atoms with Crippen LogP contribution in [0.5, 0.6) is 0 Å². The van der Waals surface area contributed by atoms with E-state index in [0.29, 0.717) is 5.88 Å². The van der Waals surface area contributed by atoms with Crippen molar-refractivity contribution in [3.63, 3.8) is 0 Å². The van der Waals surface area contributed by atoms with Gasteiger partial charge in [0.15, 0.2) is 0 Å². The second-order valence-electron chi connectivity index (χ2n) is 1.51. The molecule has 0 radical (unpaired) electrons. The fraction of sp³-hybridized carbons (Fsp3) is 0.500. The summed E-state index contributed by atoms with van der Waals surface area (Å²) in [5.74, 6) is 0.457. The molecule has 0 saturated heterocycles. The number of thioether (sulfide) groups is 1. The van der Waals surface area contributed by atoms with E-state index in [9.17, 15) is 0 Å². The van der Waals surface area contributed by atoms with Crippen LogP contribution in [0.3, 0.4) is 0 Å². The highest BCUT2D eigenvalue weighted by atomic mass is 35.5. The third-order valence-corrected chi connectivity index (χ3v) is 2.82. The second kappa shape index (κ2) is 2.79. The van der Waals surface area contributed by atoms with Gasteiger partial charge in [0.05, 0.1) is 5.88 Å². The highest BCUT2D eigenvalue weighted by Gasteiger charge is 2.29. The third-order valence-electron chi connectivity index (χ3n) is 0.792. The van der Waals surface area contributed by atoms with Crippen LogP contribution < -0.4 is 5.32 Å². The fourth-order valence-corrected chi connectivity index (χ4v) is 2.02. The van der Waals surface area contributed by atoms with Crippen molar-refractivity contribution in [1.29, 1.82) is 0 Å². The maximum Gasteiger partial charge on any atom is 0.240 e. The molecule has 52 valence electrons. The van der Waals surface area contributed by atoms with Crippen LogP contribution in [0.25, 0.3) is 0 Å². The summed E-state index contributed by atoms with van der Waals surface area (Å²) in [6, 6.07) is 0. The van der Waals surface area contributed by atoms with Crippen LogP contribution in [-0.4, -0.2) is 9.67 Å². The van der Waals surface area contributed by atoms with Crippen molar-refractivity contribution < 1.29 is 0 Å². The van der Waals surface area contributed by atoms with Gasteiger partial charge in [-0.05, 0) is 0 Å². The van der Waals surface area contributed by atoms with Gasteiger partial charge in [0.2, 0.25) is 3.79 Å². The number of nitrogens with one attached hydrogen (secondary N) is 1. The molecule has 0 fully saturated rings. The smallest absolute Gasteiger partial charge is 0.240 e. The van der Waals surface area contributed by atoms with Gasteiger partial charge in [0.25, 0.3) is 0 Å². The van der Waals surface area contributed by atoms with Crippen LogP contribution in [0, 0.1) is 0 Å². The lowest BCUT2D eigenvalue weighted by Gasteiger charge is -2.10. The van der Waals surface area contributed by atoms with E-state index in [-0.39, 0.29) is 0 Å². The Morgan fingerprint density at radius 3 is 2.56 bits per heavy atom. The number of allylic oxidation sites excluding steroid dienone is 1. The third kappa shape index (κ3) is 2.11. The van der Waals surface area contributed by atoms with E-state index in [2.05, 4.69) is 5.32 Å². The number of hydrogen-bond donors (Lipinski definition) is 1. The molecular weight excluding hydrogens is 200 g/mol. The molecular formula is C4H4Cl3NS. The van der Waals surface area contributed by atoms with E-state index in [0.717, 1.165) is 4.91 Å². The first-order chi connectivity index (χ1) is 4.14. The molecule has 0 saturated carbocycles. The standard InChI is InChI=1S/C4H4Cl3NS/c5-1-3-2-8-4(6,7)9-3/h2,8H,1H2. The minimum absolute atomic E-state index is 0.457. The molecule has 1 heterocycles. The lowest BCUT2D eigenvalue weighted by Crippen LogP contribution is -2.20. The molecule has 0 atom stereocenters. The van der Waals surface area contributed by atoms with Crippen molar-refractivity contribution in [2.24, 2.45) is 0 Å². The highest BCUT2D eigenvalue weighted by Crippen LogP contribution is 2.41. The summed E-state index contributed by atoms with van der Waals surface area (Å²) in [5, 5.41) is 2.74. The molecule has 5 heteroatoms. The molecule has 0 aromatic heterocycles. The Kier molecular flexibility index (Phi) is 2.43. The first kappa shape index (κ1) is 7.86. The van der Waals surface area contributed by atoms with Crippen LogP contribution in [0.1, 0.15) is 0 Å². The Balaban J connectivity index is 2.50. The summed E-state index contributed by atoms with van der Waals surface area (Å²) in [5.41, 5.74) is 0. The van der Waals surface area contributed by atoms with E-state index in [4.69, 9.17) is 34.8 Å². The average Bonchev–Trinajstić information content (AvgIpc) is 2.10. The normalized spacial score (nSPS) is 23.2. The molecule has 1 rings (SSSR count). The van der Waals surface area contributed by atoms with Crippen molar-refractivity contribution in [1.82, 2.24) is 5.32 Å². The van der Waals surface area contributed by atoms with E-state index in [1.54, 1.807) is 6.20 Å². The molecule has 0 aliphatic carbocycles. The van der Waals surface area contributed by atoms with E-state index in [1.165, 1.54) is 11.8 Å². The van der Waals surface area contributed by atoms with Crippen LogP contribution in [0.15, 0.2) is 11.1 Å². The Hall–Kier alpha value is 0.760. The van der Waals surface area contributed by atoms with Crippen LogP contribution >= 0.6 is 46.6 Å². The van der Waals surface area contributed by atoms with E-state index < -0.39 is 3.79 Å². The Morgan fingerprint density at radius 2 is 2.33 bits per heavy atom. The SMILES string of the molecule is ClCC1=CNC(Cl)(Cl)S1. The van der Waals surface area contributed by atoms with Gasteiger partial charge in [-0.25, -0.2) is 0 Å². The number of alkyl halides is 3. The van der Waals surface area contributed by atoms with Gasteiger partial charge in [-0.3, -0.25) is 0 Å². The number of rotatable bonds is 1. The molecule has 1 aliphatic heterocycles. The van der Waals surface area contributed by atoms with Crippen molar-refractivity contribution in [3.05, 3.63) is 11.1 Å². The Labute approximate surface area is 72.7 Å². The van der Waals surface area contributed by atoms with Crippen molar-refractivity contribution in [2.75, 3.05) is 5.88 Å². The van der Waals surface area contributed by atoms with Gasteiger partial charge < -0.3 is 5.32 Å². The van der Waals surface area contributed by atoms with Gasteiger partial charge in [0, 0.05) is 11.1 Å². The van der Waals surface area contributed by atoms with Gasteiger partial charge in [-0.15, -0.1) is 11.6 Å². The summed E-state index contributed by atoms with van der Waals surface area (Å²) in [7, 11) is 0. The van der Waals surface area contributed by atoms with Crippen LogP contribution in [0.4, 0.5) is 0 Å². The quantitative estimate of drug-likeness (QED) is 0.520. The molecule has 9 heavy (non-hydrogen) atoms. The minimum atomic E-state index is -0.899. The largest absolute Gasteiger partial charge is 0.351 e.